The van der Waals surface area contributed by atoms with Crippen LogP contribution in [0.4, 0.5) is 8.78 Å². The van der Waals surface area contributed by atoms with Crippen molar-refractivity contribution in [1.29, 1.82) is 0 Å². The molecule has 1 amide bonds. The number of nitrogens with one attached hydrogen (secondary N) is 1. The van der Waals surface area contributed by atoms with Gasteiger partial charge in [0.1, 0.15) is 6.61 Å². The Balaban J connectivity index is 1.85. The fourth-order valence-corrected chi connectivity index (χ4v) is 1.91. The van der Waals surface area contributed by atoms with Gasteiger partial charge in [0.25, 0.3) is 5.92 Å². The van der Waals surface area contributed by atoms with Crippen molar-refractivity contribution >= 4 is 5.91 Å². The Bertz CT molecular complexity index is 282. The Morgan fingerprint density at radius 2 is 2.12 bits per heavy atom. The minimum atomic E-state index is -3.19. The first-order chi connectivity index (χ1) is 7.52. The van der Waals surface area contributed by atoms with Crippen molar-refractivity contribution in [2.45, 2.75) is 37.3 Å². The zero-order chi connectivity index (χ0) is 11.8. The largest absolute Gasteiger partial charge is 0.390 e. The molecule has 2 rings (SSSR count). The summed E-state index contributed by atoms with van der Waals surface area (Å²) in [6, 6.07) is 0.0919. The van der Waals surface area contributed by atoms with E-state index >= 15 is 0 Å². The van der Waals surface area contributed by atoms with Crippen LogP contribution in [0.3, 0.4) is 0 Å². The van der Waals surface area contributed by atoms with Crippen molar-refractivity contribution in [3.05, 3.63) is 0 Å². The third-order valence-electron chi connectivity index (χ3n) is 2.97. The summed E-state index contributed by atoms with van der Waals surface area (Å²) in [6.07, 6.45) is 2.71. The van der Waals surface area contributed by atoms with Crippen molar-refractivity contribution in [2.24, 2.45) is 0 Å². The number of amides is 1. The Labute approximate surface area is 92.6 Å². The quantitative estimate of drug-likeness (QED) is 0.702. The lowest BCUT2D eigenvalue weighted by molar-refractivity contribution is -0.136. The lowest BCUT2D eigenvalue weighted by Crippen LogP contribution is -2.44. The summed E-state index contributed by atoms with van der Waals surface area (Å²) in [5, 5.41) is 11.6. The summed E-state index contributed by atoms with van der Waals surface area (Å²) in [6.45, 7) is -1.54. The topological polar surface area (TPSA) is 52.6 Å². The summed E-state index contributed by atoms with van der Waals surface area (Å²) in [7, 11) is 0. The second-order valence-corrected chi connectivity index (χ2v) is 4.56. The molecule has 1 unspecified atom stereocenters. The van der Waals surface area contributed by atoms with Gasteiger partial charge >= 0.3 is 0 Å². The highest BCUT2D eigenvalue weighted by atomic mass is 19.3. The molecule has 1 atom stereocenters. The number of hydrogen-bond donors (Lipinski definition) is 2. The monoisotopic (exact) mass is 234 g/mol. The molecule has 2 N–H and O–H groups in total. The molecule has 0 bridgehead atoms. The average Bonchev–Trinajstić information content (AvgIpc) is 2.99. The molecule has 1 heterocycles. The van der Waals surface area contributed by atoms with Crippen molar-refractivity contribution in [3.63, 3.8) is 0 Å². The lowest BCUT2D eigenvalue weighted by Gasteiger charge is -2.22. The van der Waals surface area contributed by atoms with E-state index in [1.54, 1.807) is 0 Å². The van der Waals surface area contributed by atoms with Gasteiger partial charge in [0.15, 0.2) is 0 Å². The van der Waals surface area contributed by atoms with Gasteiger partial charge in [-0.2, -0.15) is 0 Å². The van der Waals surface area contributed by atoms with Gasteiger partial charge in [0.2, 0.25) is 5.91 Å². The van der Waals surface area contributed by atoms with Crippen LogP contribution in [0.25, 0.3) is 0 Å². The summed E-state index contributed by atoms with van der Waals surface area (Å²) < 4.78 is 25.8. The van der Waals surface area contributed by atoms with Crippen LogP contribution < -0.4 is 5.32 Å². The number of alkyl halides is 2. The molecule has 0 aromatic carbocycles. The van der Waals surface area contributed by atoms with Crippen LogP contribution in [0.5, 0.6) is 0 Å². The lowest BCUT2D eigenvalue weighted by atomic mass is 10.2. The van der Waals surface area contributed by atoms with Gasteiger partial charge < -0.3 is 15.3 Å². The summed E-state index contributed by atoms with van der Waals surface area (Å²) in [5.41, 5.74) is 0. The zero-order valence-electron chi connectivity index (χ0n) is 8.96. The van der Waals surface area contributed by atoms with Gasteiger partial charge in [-0.25, -0.2) is 8.78 Å². The van der Waals surface area contributed by atoms with Crippen LogP contribution in [0, 0.1) is 0 Å². The van der Waals surface area contributed by atoms with Gasteiger partial charge in [-0.05, 0) is 19.3 Å². The van der Waals surface area contributed by atoms with Crippen LogP contribution in [0.15, 0.2) is 0 Å². The van der Waals surface area contributed by atoms with E-state index < -0.39 is 19.1 Å². The number of carbonyl (C=O) groups is 1. The number of rotatable bonds is 5. The number of halogens is 2. The maximum absolute atomic E-state index is 12.9. The number of aliphatic hydroxyl groups is 1. The van der Waals surface area contributed by atoms with Crippen LogP contribution in [-0.2, 0) is 4.79 Å². The molecule has 6 heteroatoms. The van der Waals surface area contributed by atoms with Crippen molar-refractivity contribution in [1.82, 2.24) is 10.2 Å². The second kappa shape index (κ2) is 4.25. The number of nitrogens with zero attached hydrogens (tertiary/aromatic N) is 1. The van der Waals surface area contributed by atoms with E-state index in [0.29, 0.717) is 19.0 Å². The minimum absolute atomic E-state index is 0.264. The first-order valence-electron chi connectivity index (χ1n) is 5.55. The van der Waals surface area contributed by atoms with E-state index in [-0.39, 0.29) is 11.9 Å². The summed E-state index contributed by atoms with van der Waals surface area (Å²) >= 11 is 0. The van der Waals surface area contributed by atoms with Gasteiger partial charge in [-0.15, -0.1) is 0 Å². The zero-order valence-corrected chi connectivity index (χ0v) is 8.96. The highest BCUT2D eigenvalue weighted by Crippen LogP contribution is 2.24. The molecule has 0 spiro atoms. The van der Waals surface area contributed by atoms with E-state index in [9.17, 15) is 13.6 Å². The summed E-state index contributed by atoms with van der Waals surface area (Å²) in [5.74, 6) is -3.45. The molecule has 1 aliphatic carbocycles. The summed E-state index contributed by atoms with van der Waals surface area (Å²) in [4.78, 5) is 12.8. The van der Waals surface area contributed by atoms with E-state index in [4.69, 9.17) is 5.11 Å². The first-order valence-corrected chi connectivity index (χ1v) is 5.55. The second-order valence-electron chi connectivity index (χ2n) is 4.56. The predicted octanol–water partition coefficient (Wildman–Crippen LogP) is -0.0331. The Morgan fingerprint density at radius 1 is 1.44 bits per heavy atom. The highest BCUT2D eigenvalue weighted by Gasteiger charge is 2.40. The highest BCUT2D eigenvalue weighted by molar-refractivity contribution is 5.84. The standard InChI is InChI=1S/C10H16F2N2O2/c11-10(12,6-15)5-14-4-3-8(9(14)16)13-7-1-2-7/h7-8,13,15H,1-6H2. The van der Waals surface area contributed by atoms with Crippen LogP contribution >= 0.6 is 0 Å². The fraction of sp³-hybridized carbons (Fsp3) is 0.900. The molecule has 0 aromatic heterocycles. The average molecular weight is 234 g/mol. The number of carbonyl (C=O) groups excluding carboxylic acids is 1. The number of likely N-dealkylation sites (tertiary alicyclic amines) is 1. The van der Waals surface area contributed by atoms with Gasteiger partial charge in [-0.1, -0.05) is 0 Å². The number of hydrogen-bond acceptors (Lipinski definition) is 3. The Hall–Kier alpha value is -0.750. The van der Waals surface area contributed by atoms with E-state index in [1.807, 2.05) is 0 Å². The normalized spacial score (nSPS) is 26.6. The van der Waals surface area contributed by atoms with E-state index in [2.05, 4.69) is 5.32 Å². The molecule has 1 aliphatic heterocycles. The van der Waals surface area contributed by atoms with Crippen molar-refractivity contribution in [2.75, 3.05) is 19.7 Å². The third-order valence-corrected chi connectivity index (χ3v) is 2.97. The Kier molecular flexibility index (Phi) is 3.12. The van der Waals surface area contributed by atoms with Crippen LogP contribution in [-0.4, -0.2) is 53.6 Å². The molecule has 4 nitrogen and oxygen atoms in total. The molecular formula is C10H16F2N2O2. The molecule has 16 heavy (non-hydrogen) atoms. The van der Waals surface area contributed by atoms with Crippen LogP contribution in [0.2, 0.25) is 0 Å². The molecular weight excluding hydrogens is 218 g/mol. The van der Waals surface area contributed by atoms with E-state index in [0.717, 1.165) is 17.7 Å². The predicted molar refractivity (Wildman–Crippen MR) is 53.2 cm³/mol. The third kappa shape index (κ3) is 2.68. The molecule has 0 aromatic rings. The number of aliphatic hydroxyl groups excluding tert-OH is 1. The van der Waals surface area contributed by atoms with Gasteiger partial charge in [0.05, 0.1) is 12.6 Å². The van der Waals surface area contributed by atoms with Crippen LogP contribution in [0.1, 0.15) is 19.3 Å². The molecule has 1 saturated carbocycles. The SMILES string of the molecule is O=C1C(NC2CC2)CCN1CC(F)(F)CO. The maximum Gasteiger partial charge on any atom is 0.287 e. The first kappa shape index (κ1) is 11.7. The van der Waals surface area contributed by atoms with Gasteiger partial charge in [0, 0.05) is 12.6 Å². The molecule has 2 aliphatic rings. The molecule has 1 saturated heterocycles. The molecule has 92 valence electrons. The maximum atomic E-state index is 12.9. The smallest absolute Gasteiger partial charge is 0.287 e. The van der Waals surface area contributed by atoms with Crippen molar-refractivity contribution < 1.29 is 18.7 Å². The van der Waals surface area contributed by atoms with E-state index in [1.165, 1.54) is 0 Å². The molecule has 0 radical (unpaired) electrons. The Morgan fingerprint density at radius 3 is 2.69 bits per heavy atom. The molecule has 2 fully saturated rings. The van der Waals surface area contributed by atoms with Gasteiger partial charge in [-0.3, -0.25) is 4.79 Å². The minimum Gasteiger partial charge on any atom is -0.390 e. The van der Waals surface area contributed by atoms with Crippen molar-refractivity contribution in [3.8, 4) is 0 Å². The fourth-order valence-electron chi connectivity index (χ4n) is 1.91.